The number of carbonyl (C=O) groups is 1. The first-order chi connectivity index (χ1) is 9.25. The van der Waals surface area contributed by atoms with Gasteiger partial charge >= 0.3 is 5.97 Å². The molecule has 1 heterocycles. The summed E-state index contributed by atoms with van der Waals surface area (Å²) in [6.45, 7) is 6.85. The molecule has 2 nitrogen and oxygen atoms in total. The maximum absolute atomic E-state index is 12.3. The lowest BCUT2D eigenvalue weighted by atomic mass is 9.70. The third-order valence-electron chi connectivity index (χ3n) is 5.84. The van der Waals surface area contributed by atoms with Crippen LogP contribution in [0.3, 0.4) is 0 Å². The number of ether oxygens (including phenoxy) is 1. The largest absolute Gasteiger partial charge is 0.458 e. The van der Waals surface area contributed by atoms with Crippen LogP contribution in [-0.4, -0.2) is 12.1 Å². The van der Waals surface area contributed by atoms with Crippen molar-refractivity contribution in [2.24, 2.45) is 16.7 Å². The van der Waals surface area contributed by atoms with Crippen molar-refractivity contribution in [3.05, 3.63) is 20.3 Å². The van der Waals surface area contributed by atoms with E-state index in [-0.39, 0.29) is 22.9 Å². The summed E-state index contributed by atoms with van der Waals surface area (Å²) < 4.78 is 6.71. The minimum Gasteiger partial charge on any atom is -0.458 e. The molecule has 0 saturated heterocycles. The topological polar surface area (TPSA) is 26.3 Å². The molecule has 3 unspecified atom stereocenters. The molecule has 110 valence electrons. The molecule has 3 rings (SSSR count). The molecular weight excluding hydrogens is 315 g/mol. The van der Waals surface area contributed by atoms with E-state index in [1.807, 2.05) is 0 Å². The van der Waals surface area contributed by atoms with Crippen molar-refractivity contribution in [3.8, 4) is 0 Å². The van der Waals surface area contributed by atoms with E-state index in [1.165, 1.54) is 17.8 Å². The van der Waals surface area contributed by atoms with Crippen LogP contribution in [0, 0.1) is 16.7 Å². The van der Waals surface area contributed by atoms with Gasteiger partial charge in [0.15, 0.2) is 0 Å². The predicted octanol–water partition coefficient (Wildman–Crippen LogP) is 5.43. The Balaban J connectivity index is 1.80. The van der Waals surface area contributed by atoms with E-state index >= 15 is 0 Å². The smallest absolute Gasteiger partial charge is 0.340 e. The van der Waals surface area contributed by atoms with Gasteiger partial charge in [-0.1, -0.05) is 44.0 Å². The second-order valence-corrected chi connectivity index (χ2v) is 9.03. The van der Waals surface area contributed by atoms with Crippen LogP contribution in [-0.2, 0) is 4.74 Å². The Morgan fingerprint density at radius 1 is 1.40 bits per heavy atom. The van der Waals surface area contributed by atoms with Gasteiger partial charge in [-0.15, -0.1) is 11.3 Å². The molecule has 0 radical (unpaired) electrons. The van der Waals surface area contributed by atoms with Crippen LogP contribution in [0.2, 0.25) is 8.67 Å². The summed E-state index contributed by atoms with van der Waals surface area (Å²) in [5.74, 6) is 0.305. The molecule has 20 heavy (non-hydrogen) atoms. The molecule has 2 saturated carbocycles. The number of halogens is 2. The van der Waals surface area contributed by atoms with Crippen LogP contribution in [0.1, 0.15) is 50.4 Å². The van der Waals surface area contributed by atoms with Crippen molar-refractivity contribution in [2.45, 2.75) is 46.1 Å². The maximum atomic E-state index is 12.3. The number of hydrogen-bond donors (Lipinski definition) is 0. The number of rotatable bonds is 2. The highest BCUT2D eigenvalue weighted by Gasteiger charge is 2.62. The van der Waals surface area contributed by atoms with Crippen LogP contribution in [0.4, 0.5) is 0 Å². The zero-order valence-electron chi connectivity index (χ0n) is 11.8. The fraction of sp³-hybridized carbons (Fsp3) is 0.667. The summed E-state index contributed by atoms with van der Waals surface area (Å²) in [7, 11) is 0. The van der Waals surface area contributed by atoms with Crippen LogP contribution in [0.25, 0.3) is 0 Å². The summed E-state index contributed by atoms with van der Waals surface area (Å²) in [6, 6.07) is 1.59. The third-order valence-corrected chi connectivity index (χ3v) is 7.33. The lowest BCUT2D eigenvalue weighted by Gasteiger charge is -2.38. The second-order valence-electron chi connectivity index (χ2n) is 6.74. The Bertz CT molecular complexity index is 566. The Kier molecular flexibility index (Phi) is 3.39. The molecule has 0 spiro atoms. The lowest BCUT2D eigenvalue weighted by molar-refractivity contribution is -0.0241. The van der Waals surface area contributed by atoms with Gasteiger partial charge in [-0.3, -0.25) is 0 Å². The van der Waals surface area contributed by atoms with E-state index in [0.29, 0.717) is 20.2 Å². The molecular formula is C15H18Cl2O2S. The first-order valence-electron chi connectivity index (χ1n) is 6.91. The van der Waals surface area contributed by atoms with E-state index in [2.05, 4.69) is 20.8 Å². The van der Waals surface area contributed by atoms with Crippen LogP contribution in [0.15, 0.2) is 6.07 Å². The first-order valence-corrected chi connectivity index (χ1v) is 8.49. The molecule has 0 aromatic carbocycles. The quantitative estimate of drug-likeness (QED) is 0.675. The Morgan fingerprint density at radius 2 is 2.10 bits per heavy atom. The van der Waals surface area contributed by atoms with Crippen LogP contribution in [0.5, 0.6) is 0 Å². The van der Waals surface area contributed by atoms with Crippen molar-refractivity contribution in [2.75, 3.05) is 0 Å². The Labute approximate surface area is 133 Å². The Hall–Kier alpha value is -0.250. The van der Waals surface area contributed by atoms with Crippen molar-refractivity contribution in [3.63, 3.8) is 0 Å². The minimum absolute atomic E-state index is 0.0153. The Morgan fingerprint density at radius 3 is 2.55 bits per heavy atom. The molecule has 1 aromatic rings. The average molecular weight is 333 g/mol. The van der Waals surface area contributed by atoms with E-state index in [4.69, 9.17) is 27.9 Å². The highest BCUT2D eigenvalue weighted by Crippen LogP contribution is 2.66. The molecule has 3 atom stereocenters. The summed E-state index contributed by atoms with van der Waals surface area (Å²) >= 11 is 13.1. The van der Waals surface area contributed by atoms with E-state index in [0.717, 1.165) is 12.8 Å². The molecule has 2 aliphatic carbocycles. The lowest BCUT2D eigenvalue weighted by Crippen LogP contribution is -2.38. The monoisotopic (exact) mass is 332 g/mol. The molecule has 0 aliphatic heterocycles. The molecule has 2 bridgehead atoms. The highest BCUT2D eigenvalue weighted by molar-refractivity contribution is 7.20. The fourth-order valence-electron chi connectivity index (χ4n) is 3.98. The van der Waals surface area contributed by atoms with Gasteiger partial charge in [0.05, 0.1) is 9.90 Å². The molecule has 2 fully saturated rings. The van der Waals surface area contributed by atoms with Crippen molar-refractivity contribution < 1.29 is 9.53 Å². The first kappa shape index (κ1) is 14.7. The number of fused-ring (bicyclic) bond motifs is 2. The number of thiophene rings is 1. The van der Waals surface area contributed by atoms with Gasteiger partial charge in [0.1, 0.15) is 10.4 Å². The van der Waals surface area contributed by atoms with Gasteiger partial charge < -0.3 is 4.74 Å². The summed E-state index contributed by atoms with van der Waals surface area (Å²) in [6.07, 6.45) is 3.31. The van der Waals surface area contributed by atoms with Crippen molar-refractivity contribution in [1.29, 1.82) is 0 Å². The highest BCUT2D eigenvalue weighted by atomic mass is 35.5. The minimum atomic E-state index is -0.340. The van der Waals surface area contributed by atoms with Crippen molar-refractivity contribution >= 4 is 40.5 Å². The number of hydrogen-bond acceptors (Lipinski definition) is 3. The normalized spacial score (nSPS) is 34.5. The summed E-state index contributed by atoms with van der Waals surface area (Å²) in [4.78, 5) is 12.3. The van der Waals surface area contributed by atoms with Crippen LogP contribution >= 0.6 is 34.5 Å². The summed E-state index contributed by atoms with van der Waals surface area (Å²) in [5, 5.41) is 0. The van der Waals surface area contributed by atoms with Gasteiger partial charge in [-0.25, -0.2) is 4.79 Å². The zero-order valence-corrected chi connectivity index (χ0v) is 14.2. The zero-order chi connectivity index (χ0) is 14.7. The molecule has 5 heteroatoms. The summed E-state index contributed by atoms with van der Waals surface area (Å²) in [5.41, 5.74) is 0.694. The standard InChI is InChI=1S/C15H18Cl2O2S/c1-14(2)8-4-5-15(14,3)10(6-8)19-13(18)9-7-11(16)20-12(9)17/h7-8,10H,4-6H2,1-3H3. The molecule has 0 N–H and O–H groups in total. The fourth-order valence-corrected chi connectivity index (χ4v) is 5.42. The molecule has 1 aromatic heterocycles. The third kappa shape index (κ3) is 1.93. The van der Waals surface area contributed by atoms with Gasteiger partial charge in [0.2, 0.25) is 0 Å². The van der Waals surface area contributed by atoms with Crippen molar-refractivity contribution in [1.82, 2.24) is 0 Å². The van der Waals surface area contributed by atoms with E-state index < -0.39 is 0 Å². The van der Waals surface area contributed by atoms with Gasteiger partial charge in [0.25, 0.3) is 0 Å². The second kappa shape index (κ2) is 4.62. The van der Waals surface area contributed by atoms with Gasteiger partial charge in [-0.05, 0) is 36.7 Å². The van der Waals surface area contributed by atoms with Gasteiger partial charge in [0, 0.05) is 5.41 Å². The van der Waals surface area contributed by atoms with E-state index in [1.54, 1.807) is 6.07 Å². The number of carbonyl (C=O) groups excluding carboxylic acids is 1. The van der Waals surface area contributed by atoms with E-state index in [9.17, 15) is 4.79 Å². The molecule has 0 amide bonds. The van der Waals surface area contributed by atoms with Gasteiger partial charge in [-0.2, -0.15) is 0 Å². The van der Waals surface area contributed by atoms with Crippen LogP contribution < -0.4 is 0 Å². The molecule has 2 aliphatic rings. The average Bonchev–Trinajstić information content (AvgIpc) is 2.86. The predicted molar refractivity (Wildman–Crippen MR) is 82.8 cm³/mol. The number of esters is 1. The SMILES string of the molecule is CC1(C)C2CCC1(C)C(OC(=O)c1cc(Cl)sc1Cl)C2. The maximum Gasteiger partial charge on any atom is 0.340 e.